The summed E-state index contributed by atoms with van der Waals surface area (Å²) in [5.74, 6) is 1.34. The Morgan fingerprint density at radius 1 is 1.45 bits per heavy atom. The van der Waals surface area contributed by atoms with Crippen molar-refractivity contribution in [3.8, 4) is 0 Å². The first-order valence-electron chi connectivity index (χ1n) is 6.34. The molecule has 0 unspecified atom stereocenters. The summed E-state index contributed by atoms with van der Waals surface area (Å²) in [5.41, 5.74) is -0.821. The van der Waals surface area contributed by atoms with E-state index in [1.54, 1.807) is 18.7 Å². The van der Waals surface area contributed by atoms with Gasteiger partial charge in [0.05, 0.1) is 12.4 Å². The van der Waals surface area contributed by atoms with Crippen LogP contribution >= 0.6 is 11.8 Å². The molecule has 0 N–H and O–H groups in total. The minimum Gasteiger partial charge on any atom is -0.462 e. The Morgan fingerprint density at radius 2 is 2.15 bits per heavy atom. The van der Waals surface area contributed by atoms with E-state index in [2.05, 4.69) is 23.8 Å². The number of esters is 1. The van der Waals surface area contributed by atoms with E-state index in [1.165, 1.54) is 0 Å². The van der Waals surface area contributed by atoms with E-state index in [4.69, 9.17) is 4.74 Å². The fraction of sp³-hybridized carbons (Fsp3) is 0.615. The monoisotopic (exact) mass is 304 g/mol. The zero-order valence-electron chi connectivity index (χ0n) is 11.7. The van der Waals surface area contributed by atoms with E-state index >= 15 is 0 Å². The first-order valence-corrected chi connectivity index (χ1v) is 7.50. The molecular formula is C13H18F2N2O2S. The molecule has 0 fully saturated rings. The lowest BCUT2D eigenvalue weighted by molar-refractivity contribution is 0.0512. The Hall–Kier alpha value is -1.24. The SMILES string of the molecule is CCOC(=O)c1cnc(CSCC(C)C)nc1C(F)F. The summed E-state index contributed by atoms with van der Waals surface area (Å²) in [6.45, 7) is 5.87. The van der Waals surface area contributed by atoms with Crippen molar-refractivity contribution in [2.24, 2.45) is 5.92 Å². The highest BCUT2D eigenvalue weighted by molar-refractivity contribution is 7.98. The molecule has 1 heterocycles. The maximum absolute atomic E-state index is 13.0. The molecule has 1 aromatic rings. The highest BCUT2D eigenvalue weighted by Gasteiger charge is 2.22. The number of thioether (sulfide) groups is 1. The van der Waals surface area contributed by atoms with Crippen LogP contribution in [0.5, 0.6) is 0 Å². The number of rotatable bonds is 7. The summed E-state index contributed by atoms with van der Waals surface area (Å²) >= 11 is 1.57. The molecule has 1 aromatic heterocycles. The molecule has 0 aliphatic carbocycles. The second kappa shape index (κ2) is 8.14. The lowest BCUT2D eigenvalue weighted by atomic mass is 10.2. The average molecular weight is 304 g/mol. The number of carbonyl (C=O) groups excluding carboxylic acids is 1. The summed E-state index contributed by atoms with van der Waals surface area (Å²) in [6, 6.07) is 0. The van der Waals surface area contributed by atoms with Crippen molar-refractivity contribution in [3.63, 3.8) is 0 Å². The Labute approximate surface area is 121 Å². The average Bonchev–Trinajstić information content (AvgIpc) is 2.38. The van der Waals surface area contributed by atoms with Gasteiger partial charge in [-0.3, -0.25) is 0 Å². The molecule has 112 valence electrons. The van der Waals surface area contributed by atoms with Crippen molar-refractivity contribution < 1.29 is 18.3 Å². The summed E-state index contributed by atoms with van der Waals surface area (Å²) in [6.07, 6.45) is -1.70. The number of hydrogen-bond donors (Lipinski definition) is 0. The third kappa shape index (κ3) is 5.03. The summed E-state index contributed by atoms with van der Waals surface area (Å²) in [5, 5.41) is 0. The highest BCUT2D eigenvalue weighted by atomic mass is 32.2. The van der Waals surface area contributed by atoms with Crippen LogP contribution in [0.2, 0.25) is 0 Å². The number of halogens is 2. The third-order valence-corrected chi connectivity index (χ3v) is 3.62. The molecule has 0 aromatic carbocycles. The first kappa shape index (κ1) is 16.8. The topological polar surface area (TPSA) is 52.1 Å². The van der Waals surface area contributed by atoms with Gasteiger partial charge < -0.3 is 4.74 Å². The van der Waals surface area contributed by atoms with Crippen LogP contribution in [-0.2, 0) is 10.5 Å². The fourth-order valence-electron chi connectivity index (χ4n) is 1.42. The molecule has 0 aliphatic rings. The van der Waals surface area contributed by atoms with E-state index in [0.29, 0.717) is 17.5 Å². The van der Waals surface area contributed by atoms with E-state index in [9.17, 15) is 13.6 Å². The van der Waals surface area contributed by atoms with Crippen LogP contribution in [0, 0.1) is 5.92 Å². The van der Waals surface area contributed by atoms with Gasteiger partial charge in [0.2, 0.25) is 0 Å². The van der Waals surface area contributed by atoms with Crippen LogP contribution in [0.3, 0.4) is 0 Å². The van der Waals surface area contributed by atoms with Crippen LogP contribution in [0.25, 0.3) is 0 Å². The largest absolute Gasteiger partial charge is 0.462 e. The lowest BCUT2D eigenvalue weighted by Crippen LogP contribution is -2.12. The van der Waals surface area contributed by atoms with Crippen LogP contribution in [-0.4, -0.2) is 28.3 Å². The van der Waals surface area contributed by atoms with Gasteiger partial charge in [-0.05, 0) is 18.6 Å². The number of carbonyl (C=O) groups is 1. The summed E-state index contributed by atoms with van der Waals surface area (Å²) < 4.78 is 30.6. The summed E-state index contributed by atoms with van der Waals surface area (Å²) in [7, 11) is 0. The smallest absolute Gasteiger partial charge is 0.341 e. The standard InChI is InChI=1S/C13H18F2N2O2S/c1-4-19-13(18)9-5-16-10(7-20-6-8(2)3)17-11(9)12(14)15/h5,8,12H,4,6-7H2,1-3H3. The quantitative estimate of drug-likeness (QED) is 0.722. The molecule has 0 saturated carbocycles. The normalized spacial score (nSPS) is 11.2. The Balaban J connectivity index is 2.86. The molecule has 4 nitrogen and oxygen atoms in total. The van der Waals surface area contributed by atoms with Gasteiger partial charge in [0.1, 0.15) is 17.1 Å². The maximum Gasteiger partial charge on any atom is 0.341 e. The van der Waals surface area contributed by atoms with Crippen molar-refractivity contribution in [3.05, 3.63) is 23.3 Å². The third-order valence-electron chi connectivity index (χ3n) is 2.25. The van der Waals surface area contributed by atoms with Gasteiger partial charge in [0, 0.05) is 6.20 Å². The molecular weight excluding hydrogens is 286 g/mol. The van der Waals surface area contributed by atoms with Gasteiger partial charge in [-0.25, -0.2) is 23.5 Å². The number of alkyl halides is 2. The van der Waals surface area contributed by atoms with Gasteiger partial charge in [0.25, 0.3) is 6.43 Å². The lowest BCUT2D eigenvalue weighted by Gasteiger charge is -2.09. The van der Waals surface area contributed by atoms with Crippen molar-refractivity contribution in [1.82, 2.24) is 9.97 Å². The van der Waals surface area contributed by atoms with Crippen LogP contribution in [0.15, 0.2) is 6.20 Å². The van der Waals surface area contributed by atoms with E-state index in [1.807, 2.05) is 0 Å². The van der Waals surface area contributed by atoms with Crippen molar-refractivity contribution in [2.45, 2.75) is 32.9 Å². The highest BCUT2D eigenvalue weighted by Crippen LogP contribution is 2.22. The van der Waals surface area contributed by atoms with Gasteiger partial charge in [-0.2, -0.15) is 11.8 Å². The molecule has 0 radical (unpaired) electrons. The van der Waals surface area contributed by atoms with Crippen molar-refractivity contribution in [2.75, 3.05) is 12.4 Å². The van der Waals surface area contributed by atoms with Gasteiger partial charge >= 0.3 is 5.97 Å². The molecule has 0 spiro atoms. The van der Waals surface area contributed by atoms with Crippen LogP contribution < -0.4 is 0 Å². The number of ether oxygens (including phenoxy) is 1. The van der Waals surface area contributed by atoms with Gasteiger partial charge in [-0.15, -0.1) is 0 Å². The minimum atomic E-state index is -2.83. The summed E-state index contributed by atoms with van der Waals surface area (Å²) in [4.78, 5) is 19.3. The second-order valence-corrected chi connectivity index (χ2v) is 5.55. The van der Waals surface area contributed by atoms with Crippen LogP contribution in [0.4, 0.5) is 8.78 Å². The Kier molecular flexibility index (Phi) is 6.84. The predicted octanol–water partition coefficient (Wildman–Crippen LogP) is 3.48. The number of hydrogen-bond acceptors (Lipinski definition) is 5. The molecule has 20 heavy (non-hydrogen) atoms. The minimum absolute atomic E-state index is 0.119. The van der Waals surface area contributed by atoms with Crippen molar-refractivity contribution in [1.29, 1.82) is 0 Å². The van der Waals surface area contributed by atoms with E-state index < -0.39 is 18.1 Å². The fourth-order valence-corrected chi connectivity index (χ4v) is 2.33. The van der Waals surface area contributed by atoms with E-state index in [-0.39, 0.29) is 12.2 Å². The van der Waals surface area contributed by atoms with Gasteiger partial charge in [-0.1, -0.05) is 13.8 Å². The predicted molar refractivity (Wildman–Crippen MR) is 73.9 cm³/mol. The Bertz CT molecular complexity index is 456. The molecule has 0 atom stereocenters. The Morgan fingerprint density at radius 3 is 2.70 bits per heavy atom. The maximum atomic E-state index is 13.0. The second-order valence-electron chi connectivity index (χ2n) is 4.52. The van der Waals surface area contributed by atoms with Gasteiger partial charge in [0.15, 0.2) is 0 Å². The molecule has 0 bridgehead atoms. The molecule has 7 heteroatoms. The molecule has 0 amide bonds. The van der Waals surface area contributed by atoms with E-state index in [0.717, 1.165) is 11.9 Å². The zero-order valence-corrected chi connectivity index (χ0v) is 12.5. The zero-order chi connectivity index (χ0) is 15.1. The molecule has 0 saturated heterocycles. The number of aromatic nitrogens is 2. The molecule has 0 aliphatic heterocycles. The van der Waals surface area contributed by atoms with Crippen LogP contribution in [0.1, 0.15) is 49.1 Å². The molecule has 1 rings (SSSR count). The van der Waals surface area contributed by atoms with Crippen molar-refractivity contribution >= 4 is 17.7 Å². The first-order chi connectivity index (χ1) is 9.45. The number of nitrogens with zero attached hydrogens (tertiary/aromatic N) is 2.